The maximum Gasteiger partial charge on any atom is 0.280 e. The van der Waals surface area contributed by atoms with Gasteiger partial charge in [-0.1, -0.05) is 0 Å². The fraction of sp³-hybridized carbons (Fsp3) is 0.643. The van der Waals surface area contributed by atoms with Crippen molar-refractivity contribution in [1.82, 2.24) is 19.5 Å². The van der Waals surface area contributed by atoms with Gasteiger partial charge in [0.15, 0.2) is 17.4 Å². The number of fused-ring (bicyclic) bond motifs is 1. The van der Waals surface area contributed by atoms with Gasteiger partial charge < -0.3 is 30.5 Å². The summed E-state index contributed by atoms with van der Waals surface area (Å²) in [4.78, 5) is 22.9. The molecule has 5 atom stereocenters. The van der Waals surface area contributed by atoms with Crippen molar-refractivity contribution in [1.29, 1.82) is 0 Å². The molecule has 25 heavy (non-hydrogen) atoms. The van der Waals surface area contributed by atoms with Gasteiger partial charge in [0, 0.05) is 6.54 Å². The van der Waals surface area contributed by atoms with E-state index in [2.05, 4.69) is 20.3 Å². The molecule has 5 unspecified atom stereocenters. The van der Waals surface area contributed by atoms with Gasteiger partial charge in [-0.25, -0.2) is 4.98 Å². The van der Waals surface area contributed by atoms with Gasteiger partial charge in [-0.05, 0) is 13.3 Å². The molecule has 11 nitrogen and oxygen atoms in total. The van der Waals surface area contributed by atoms with Crippen LogP contribution in [-0.4, -0.2) is 77.5 Å². The zero-order chi connectivity index (χ0) is 18.1. The van der Waals surface area contributed by atoms with Gasteiger partial charge in [0.05, 0.1) is 19.0 Å². The van der Waals surface area contributed by atoms with E-state index in [0.717, 1.165) is 0 Å². The lowest BCUT2D eigenvalue weighted by atomic mass is 10.1. The minimum atomic E-state index is -1.30. The number of rotatable bonds is 6. The van der Waals surface area contributed by atoms with E-state index in [1.807, 2.05) is 0 Å². The number of aliphatic hydroxyl groups is 4. The molecular weight excluding hydrogens is 334 g/mol. The van der Waals surface area contributed by atoms with Crippen molar-refractivity contribution in [3.63, 3.8) is 0 Å². The number of anilines is 1. The van der Waals surface area contributed by atoms with Crippen LogP contribution in [0.3, 0.4) is 0 Å². The van der Waals surface area contributed by atoms with Crippen LogP contribution in [-0.2, 0) is 4.74 Å². The highest BCUT2D eigenvalue weighted by molar-refractivity contribution is 5.70. The van der Waals surface area contributed by atoms with Crippen molar-refractivity contribution >= 4 is 17.1 Å². The molecule has 2 aromatic rings. The van der Waals surface area contributed by atoms with Crippen LogP contribution in [0.1, 0.15) is 19.6 Å². The maximum atomic E-state index is 12.1. The van der Waals surface area contributed by atoms with Crippen LogP contribution in [0.2, 0.25) is 0 Å². The Morgan fingerprint density at radius 3 is 2.84 bits per heavy atom. The number of hydrogen-bond donors (Lipinski definition) is 6. The van der Waals surface area contributed by atoms with E-state index < -0.39 is 42.8 Å². The van der Waals surface area contributed by atoms with Crippen molar-refractivity contribution in [2.24, 2.45) is 0 Å². The number of nitrogens with zero attached hydrogens (tertiary/aromatic N) is 3. The van der Waals surface area contributed by atoms with Crippen molar-refractivity contribution in [2.75, 3.05) is 18.5 Å². The highest BCUT2D eigenvalue weighted by Gasteiger charge is 2.44. The Morgan fingerprint density at radius 2 is 2.20 bits per heavy atom. The third-order valence-corrected chi connectivity index (χ3v) is 4.08. The van der Waals surface area contributed by atoms with E-state index >= 15 is 0 Å². The molecule has 1 aliphatic rings. The quantitative estimate of drug-likeness (QED) is 0.341. The van der Waals surface area contributed by atoms with Crippen LogP contribution in [0.5, 0.6) is 0 Å². The number of aromatic nitrogens is 4. The first-order valence-corrected chi connectivity index (χ1v) is 7.93. The molecule has 0 aliphatic carbocycles. The number of ether oxygens (including phenoxy) is 1. The number of H-pyrrole nitrogens is 1. The smallest absolute Gasteiger partial charge is 0.280 e. The van der Waals surface area contributed by atoms with E-state index in [1.165, 1.54) is 10.9 Å². The van der Waals surface area contributed by atoms with Crippen LogP contribution in [0, 0.1) is 0 Å². The molecule has 138 valence electrons. The third kappa shape index (κ3) is 3.37. The maximum absolute atomic E-state index is 12.1. The average Bonchev–Trinajstić information content (AvgIpc) is 3.10. The zero-order valence-electron chi connectivity index (χ0n) is 13.5. The van der Waals surface area contributed by atoms with Gasteiger partial charge >= 0.3 is 0 Å². The van der Waals surface area contributed by atoms with E-state index in [1.54, 1.807) is 6.92 Å². The Hall–Kier alpha value is -2.05. The first-order chi connectivity index (χ1) is 11.9. The topological polar surface area (TPSA) is 166 Å². The minimum absolute atomic E-state index is 0.0545. The summed E-state index contributed by atoms with van der Waals surface area (Å²) in [6.45, 7) is 1.59. The summed E-state index contributed by atoms with van der Waals surface area (Å²) in [6.07, 6.45) is -3.28. The van der Waals surface area contributed by atoms with Crippen molar-refractivity contribution in [3.8, 4) is 0 Å². The second-order valence-corrected chi connectivity index (χ2v) is 6.03. The average molecular weight is 355 g/mol. The Bertz CT molecular complexity index is 790. The summed E-state index contributed by atoms with van der Waals surface area (Å²) >= 11 is 0. The van der Waals surface area contributed by atoms with Crippen LogP contribution in [0.4, 0.5) is 5.95 Å². The first kappa shape index (κ1) is 17.8. The molecule has 11 heteroatoms. The van der Waals surface area contributed by atoms with Gasteiger partial charge in [-0.3, -0.25) is 14.3 Å². The largest absolute Gasteiger partial charge is 0.394 e. The molecule has 0 bridgehead atoms. The molecule has 0 saturated carbocycles. The summed E-state index contributed by atoms with van der Waals surface area (Å²) in [7, 11) is 0. The molecule has 0 radical (unpaired) electrons. The number of nitrogens with one attached hydrogen (secondary N) is 2. The predicted molar refractivity (Wildman–Crippen MR) is 85.9 cm³/mol. The molecule has 1 fully saturated rings. The van der Waals surface area contributed by atoms with Gasteiger partial charge in [-0.15, -0.1) is 0 Å². The van der Waals surface area contributed by atoms with Crippen molar-refractivity contribution in [2.45, 2.75) is 44.0 Å². The van der Waals surface area contributed by atoms with Crippen molar-refractivity contribution in [3.05, 3.63) is 16.7 Å². The van der Waals surface area contributed by atoms with E-state index in [0.29, 0.717) is 13.0 Å². The van der Waals surface area contributed by atoms with Gasteiger partial charge in [0.25, 0.3) is 5.56 Å². The lowest BCUT2D eigenvalue weighted by molar-refractivity contribution is -0.0511. The Morgan fingerprint density at radius 1 is 1.44 bits per heavy atom. The lowest BCUT2D eigenvalue weighted by Gasteiger charge is -2.16. The standard InChI is InChI=1S/C14H21N5O6/c1-6(21)2-3-15-14-17-11-8(12(24)18-14)16-5-19(11)13-10(23)9(22)7(4-20)25-13/h5-7,9-10,13,20-23H,2-4H2,1H3,(H2,15,17,18,24). The van der Waals surface area contributed by atoms with Gasteiger partial charge in [0.2, 0.25) is 5.95 Å². The van der Waals surface area contributed by atoms with Crippen LogP contribution >= 0.6 is 0 Å². The Kier molecular flexibility index (Phi) is 5.01. The van der Waals surface area contributed by atoms with Crippen LogP contribution < -0.4 is 10.9 Å². The van der Waals surface area contributed by atoms with Gasteiger partial charge in [-0.2, -0.15) is 4.98 Å². The summed E-state index contributed by atoms with van der Waals surface area (Å²) < 4.78 is 6.79. The normalized spacial score (nSPS) is 27.7. The highest BCUT2D eigenvalue weighted by Crippen LogP contribution is 2.30. The van der Waals surface area contributed by atoms with Crippen molar-refractivity contribution < 1.29 is 25.2 Å². The van der Waals surface area contributed by atoms with E-state index in [4.69, 9.17) is 4.74 Å². The number of hydrogen-bond acceptors (Lipinski definition) is 9. The molecule has 3 heterocycles. The Balaban J connectivity index is 1.92. The molecule has 0 aromatic carbocycles. The first-order valence-electron chi connectivity index (χ1n) is 7.93. The SMILES string of the molecule is CC(O)CCNc1nc2c(ncn2C2OC(CO)C(O)C2O)c(=O)[nH]1. The number of aliphatic hydroxyl groups excluding tert-OH is 4. The predicted octanol–water partition coefficient (Wildman–Crippen LogP) is -2.09. The molecular formula is C14H21N5O6. The molecule has 0 amide bonds. The molecule has 1 saturated heterocycles. The molecule has 0 spiro atoms. The zero-order valence-corrected chi connectivity index (χ0v) is 13.5. The van der Waals surface area contributed by atoms with E-state index in [-0.39, 0.29) is 17.1 Å². The fourth-order valence-corrected chi connectivity index (χ4v) is 2.71. The summed E-state index contributed by atoms with van der Waals surface area (Å²) in [5.74, 6) is 0.187. The monoisotopic (exact) mass is 355 g/mol. The second kappa shape index (κ2) is 7.06. The molecule has 6 N–H and O–H groups in total. The number of imidazole rings is 1. The number of aromatic amines is 1. The second-order valence-electron chi connectivity index (χ2n) is 6.03. The molecule has 3 rings (SSSR count). The summed E-state index contributed by atoms with van der Waals surface area (Å²) in [5.41, 5.74) is -0.257. The lowest BCUT2D eigenvalue weighted by Crippen LogP contribution is -2.33. The van der Waals surface area contributed by atoms with Gasteiger partial charge in [0.1, 0.15) is 18.3 Å². The Labute approximate surface area is 141 Å². The van der Waals surface area contributed by atoms with Crippen LogP contribution in [0.15, 0.2) is 11.1 Å². The van der Waals surface area contributed by atoms with E-state index in [9.17, 15) is 25.2 Å². The minimum Gasteiger partial charge on any atom is -0.394 e. The summed E-state index contributed by atoms with van der Waals surface area (Å²) in [6, 6.07) is 0. The third-order valence-electron chi connectivity index (χ3n) is 4.08. The molecule has 1 aliphatic heterocycles. The fourth-order valence-electron chi connectivity index (χ4n) is 2.71. The highest BCUT2D eigenvalue weighted by atomic mass is 16.6. The summed E-state index contributed by atoms with van der Waals surface area (Å²) in [5, 5.41) is 41.4. The van der Waals surface area contributed by atoms with Crippen LogP contribution in [0.25, 0.3) is 11.2 Å². The molecule has 2 aromatic heterocycles.